The van der Waals surface area contributed by atoms with Crippen LogP contribution in [0.5, 0.6) is 0 Å². The monoisotopic (exact) mass is 432 g/mol. The fraction of sp³-hybridized carbons (Fsp3) is 0.562. The predicted molar refractivity (Wildman–Crippen MR) is 89.2 cm³/mol. The molecule has 4 nitrogen and oxygen atoms in total. The van der Waals surface area contributed by atoms with E-state index in [2.05, 4.69) is 38.8 Å². The minimum absolute atomic E-state index is 0.0742. The van der Waals surface area contributed by atoms with Gasteiger partial charge in [0.05, 0.1) is 14.9 Å². The highest BCUT2D eigenvalue weighted by atomic mass is 79.9. The summed E-state index contributed by atoms with van der Waals surface area (Å²) in [5.74, 6) is -0.451. The molecule has 22 heavy (non-hydrogen) atoms. The molecule has 120 valence electrons. The third-order valence-electron chi connectivity index (χ3n) is 3.97. The van der Waals surface area contributed by atoms with E-state index in [0.29, 0.717) is 6.42 Å². The molecule has 6 heteroatoms. The number of Topliss-reactive ketones (excluding diaryl/α,β-unsaturated/α-hetero) is 1. The summed E-state index contributed by atoms with van der Waals surface area (Å²) in [6, 6.07) is 1.90. The number of aromatic nitrogens is 1. The van der Waals surface area contributed by atoms with Gasteiger partial charge in [-0.3, -0.25) is 9.59 Å². The number of carbonyl (C=O) groups is 2. The van der Waals surface area contributed by atoms with Crippen molar-refractivity contribution in [2.75, 3.05) is 0 Å². The molecule has 0 saturated carbocycles. The molecule has 1 fully saturated rings. The number of pyridine rings is 1. The van der Waals surface area contributed by atoms with Crippen LogP contribution in [0.1, 0.15) is 39.5 Å². The lowest BCUT2D eigenvalue weighted by Gasteiger charge is -2.19. The second kappa shape index (κ2) is 7.21. The average molecular weight is 434 g/mol. The van der Waals surface area contributed by atoms with E-state index in [4.69, 9.17) is 4.74 Å². The summed E-state index contributed by atoms with van der Waals surface area (Å²) in [4.78, 5) is 24.6. The van der Waals surface area contributed by atoms with E-state index < -0.39 is 5.60 Å². The first-order valence-electron chi connectivity index (χ1n) is 7.45. The number of hydrogen-bond acceptors (Lipinski definition) is 3. The Morgan fingerprint density at radius 2 is 2.05 bits per heavy atom. The summed E-state index contributed by atoms with van der Waals surface area (Å²) in [6.07, 6.45) is 6.97. The molecule has 2 rings (SSSR count). The number of unbranched alkanes of at least 4 members (excludes halogenated alkanes) is 1. The standard InChI is InChI=1S/C16H20Br2NO3/c1-3-4-5-11-7-16(2,22-15(11)21)14(20)10-19-8-12(17)6-13(18)9-19/h6,8-9,11H,3-5,7,10H2,1-2H3/q+1/t11-,16-/m0/s1. The SMILES string of the molecule is CCCC[C@H]1C[C@@](C)(C(=O)C[n+]2cc(Br)cc(Br)c2)OC1=O. The molecule has 2 heterocycles. The van der Waals surface area contributed by atoms with Crippen molar-refractivity contribution in [2.45, 2.75) is 51.7 Å². The van der Waals surface area contributed by atoms with E-state index in [1.54, 1.807) is 11.5 Å². The molecule has 0 N–H and O–H groups in total. The number of nitrogens with zero attached hydrogens (tertiary/aromatic N) is 1. The van der Waals surface area contributed by atoms with Crippen molar-refractivity contribution in [3.63, 3.8) is 0 Å². The van der Waals surface area contributed by atoms with Crippen molar-refractivity contribution in [1.29, 1.82) is 0 Å². The van der Waals surface area contributed by atoms with E-state index in [0.717, 1.165) is 28.2 Å². The Kier molecular flexibility index (Phi) is 5.77. The van der Waals surface area contributed by atoms with Gasteiger partial charge in [0.25, 0.3) is 0 Å². The number of esters is 1. The number of cyclic esters (lactones) is 1. The maximum absolute atomic E-state index is 12.6. The first kappa shape index (κ1) is 17.6. The van der Waals surface area contributed by atoms with Gasteiger partial charge >= 0.3 is 5.97 Å². The first-order chi connectivity index (χ1) is 10.3. The van der Waals surface area contributed by atoms with Crippen molar-refractivity contribution in [3.05, 3.63) is 27.4 Å². The van der Waals surface area contributed by atoms with Gasteiger partial charge in [-0.2, -0.15) is 4.57 Å². The normalized spacial score (nSPS) is 24.4. The number of halogens is 2. The van der Waals surface area contributed by atoms with Gasteiger partial charge < -0.3 is 4.74 Å². The number of rotatable bonds is 6. The Morgan fingerprint density at radius 3 is 2.64 bits per heavy atom. The largest absolute Gasteiger partial charge is 0.451 e. The third-order valence-corrected chi connectivity index (χ3v) is 4.84. The minimum Gasteiger partial charge on any atom is -0.451 e. The van der Waals surface area contributed by atoms with E-state index in [-0.39, 0.29) is 24.2 Å². The summed E-state index contributed by atoms with van der Waals surface area (Å²) in [5.41, 5.74) is -1.00. The van der Waals surface area contributed by atoms with Crippen molar-refractivity contribution >= 4 is 43.6 Å². The van der Waals surface area contributed by atoms with Crippen LogP contribution in [0, 0.1) is 5.92 Å². The first-order valence-corrected chi connectivity index (χ1v) is 9.04. The predicted octanol–water partition coefficient (Wildman–Crippen LogP) is 3.58. The Morgan fingerprint density at radius 1 is 1.41 bits per heavy atom. The number of ketones is 1. The van der Waals surface area contributed by atoms with Crippen molar-refractivity contribution < 1.29 is 18.9 Å². The Bertz CT molecular complexity index is 571. The van der Waals surface area contributed by atoms with Crippen LogP contribution in [-0.2, 0) is 20.9 Å². The van der Waals surface area contributed by atoms with Crippen LogP contribution in [0.4, 0.5) is 0 Å². The summed E-state index contributed by atoms with van der Waals surface area (Å²) in [5, 5.41) is 0. The van der Waals surface area contributed by atoms with Crippen molar-refractivity contribution in [1.82, 2.24) is 0 Å². The lowest BCUT2D eigenvalue weighted by molar-refractivity contribution is -0.685. The van der Waals surface area contributed by atoms with Gasteiger partial charge in [-0.1, -0.05) is 19.8 Å². The van der Waals surface area contributed by atoms with Crippen molar-refractivity contribution in [2.24, 2.45) is 5.92 Å². The van der Waals surface area contributed by atoms with Gasteiger partial charge in [-0.25, -0.2) is 0 Å². The lowest BCUT2D eigenvalue weighted by Crippen LogP contribution is -2.46. The number of hydrogen-bond donors (Lipinski definition) is 0. The molecule has 0 aliphatic carbocycles. The molecule has 0 amide bonds. The van der Waals surface area contributed by atoms with Crippen LogP contribution >= 0.6 is 31.9 Å². The van der Waals surface area contributed by atoms with Crippen molar-refractivity contribution in [3.8, 4) is 0 Å². The highest BCUT2D eigenvalue weighted by molar-refractivity contribution is 9.11. The summed E-state index contributed by atoms with van der Waals surface area (Å²) >= 11 is 6.80. The van der Waals surface area contributed by atoms with Crippen LogP contribution in [0.25, 0.3) is 0 Å². The molecule has 1 saturated heterocycles. The minimum atomic E-state index is -1.00. The van der Waals surface area contributed by atoms with E-state index in [1.165, 1.54) is 0 Å². The maximum Gasteiger partial charge on any atom is 0.310 e. The molecular weight excluding hydrogens is 414 g/mol. The quantitative estimate of drug-likeness (QED) is 0.508. The molecule has 0 aromatic carbocycles. The van der Waals surface area contributed by atoms with Crippen LogP contribution < -0.4 is 4.57 Å². The molecule has 1 aliphatic rings. The highest BCUT2D eigenvalue weighted by Gasteiger charge is 2.49. The van der Waals surface area contributed by atoms with E-state index in [9.17, 15) is 9.59 Å². The lowest BCUT2D eigenvalue weighted by atomic mass is 9.89. The molecule has 0 bridgehead atoms. The summed E-state index contributed by atoms with van der Waals surface area (Å²) in [6.45, 7) is 4.00. The van der Waals surface area contributed by atoms with Gasteiger partial charge in [0.2, 0.25) is 12.3 Å². The Labute approximate surface area is 147 Å². The van der Waals surface area contributed by atoms with Crippen LogP contribution in [0.3, 0.4) is 0 Å². The van der Waals surface area contributed by atoms with Gasteiger partial charge in [0, 0.05) is 6.42 Å². The topological polar surface area (TPSA) is 47.2 Å². The summed E-state index contributed by atoms with van der Waals surface area (Å²) < 4.78 is 8.97. The van der Waals surface area contributed by atoms with Crippen LogP contribution in [0.2, 0.25) is 0 Å². The van der Waals surface area contributed by atoms with Crippen LogP contribution in [0.15, 0.2) is 27.4 Å². The molecule has 1 aromatic rings. The van der Waals surface area contributed by atoms with E-state index >= 15 is 0 Å². The molecule has 0 radical (unpaired) electrons. The third kappa shape index (κ3) is 4.16. The molecule has 0 unspecified atom stereocenters. The molecule has 1 aromatic heterocycles. The molecular formula is C16H20Br2NO3+. The average Bonchev–Trinajstić information content (AvgIpc) is 2.71. The van der Waals surface area contributed by atoms with E-state index in [1.807, 2.05) is 18.5 Å². The number of carbonyl (C=O) groups excluding carboxylic acids is 2. The molecule has 1 aliphatic heterocycles. The molecule has 2 atom stereocenters. The highest BCUT2D eigenvalue weighted by Crippen LogP contribution is 2.34. The second-order valence-electron chi connectivity index (χ2n) is 5.96. The Hall–Kier alpha value is -0.750. The maximum atomic E-state index is 12.6. The fourth-order valence-corrected chi connectivity index (χ4v) is 4.05. The number of ether oxygens (including phenoxy) is 1. The molecule has 0 spiro atoms. The smallest absolute Gasteiger partial charge is 0.310 e. The van der Waals surface area contributed by atoms with Gasteiger partial charge in [0.15, 0.2) is 18.0 Å². The van der Waals surface area contributed by atoms with Crippen LogP contribution in [-0.4, -0.2) is 17.4 Å². The zero-order valence-corrected chi connectivity index (χ0v) is 15.9. The fourth-order valence-electron chi connectivity index (χ4n) is 2.73. The zero-order chi connectivity index (χ0) is 16.3. The van der Waals surface area contributed by atoms with Gasteiger partial charge in [-0.05, 0) is 51.3 Å². The Balaban J connectivity index is 2.07. The zero-order valence-electron chi connectivity index (χ0n) is 12.8. The van der Waals surface area contributed by atoms with Gasteiger partial charge in [-0.15, -0.1) is 0 Å². The summed E-state index contributed by atoms with van der Waals surface area (Å²) in [7, 11) is 0. The van der Waals surface area contributed by atoms with Gasteiger partial charge in [0.1, 0.15) is 0 Å². The second-order valence-corrected chi connectivity index (χ2v) is 7.79.